The summed E-state index contributed by atoms with van der Waals surface area (Å²) in [5.41, 5.74) is 0. The predicted octanol–water partition coefficient (Wildman–Crippen LogP) is 2.62. The molecule has 1 aliphatic rings. The summed E-state index contributed by atoms with van der Waals surface area (Å²) in [5, 5.41) is 2.86. The van der Waals surface area contributed by atoms with E-state index in [4.69, 9.17) is 0 Å². The van der Waals surface area contributed by atoms with Gasteiger partial charge in [-0.1, -0.05) is 0 Å². The maximum Gasteiger partial charge on any atom is 0.264 e. The van der Waals surface area contributed by atoms with Crippen LogP contribution in [0, 0.1) is 0 Å². The molecule has 0 atom stereocenters. The second-order valence-electron chi connectivity index (χ2n) is 4.24. The number of nitrogens with zero attached hydrogens (tertiary/aromatic N) is 1. The molecule has 0 radical (unpaired) electrons. The molecule has 2 amide bonds. The number of hydrogen-bond acceptors (Lipinski definition) is 3. The number of carbonyl (C=O) groups excluding carboxylic acids is 2. The highest BCUT2D eigenvalue weighted by atomic mass is 79.9. The Kier molecular flexibility index (Phi) is 4.45. The molecule has 0 unspecified atom stereocenters. The molecule has 1 aliphatic carbocycles. The van der Waals surface area contributed by atoms with Crippen molar-refractivity contribution in [1.29, 1.82) is 0 Å². The van der Waals surface area contributed by atoms with E-state index < -0.39 is 0 Å². The Hall–Kier alpha value is -0.400. The van der Waals surface area contributed by atoms with Crippen LogP contribution in [0.15, 0.2) is 14.3 Å². The van der Waals surface area contributed by atoms with Crippen molar-refractivity contribution >= 4 is 55.0 Å². The summed E-state index contributed by atoms with van der Waals surface area (Å²) < 4.78 is 1.73. The largest absolute Gasteiger partial charge is 0.352 e. The number of likely N-dealkylation sites (N-methyl/N-ethyl adjacent to an activating group) is 1. The SMILES string of the molecule is CN(CC(=O)NC1CC1)C(=O)c1cc(Br)c(Br)s1. The number of halogens is 2. The van der Waals surface area contributed by atoms with Crippen LogP contribution in [-0.2, 0) is 4.79 Å². The van der Waals surface area contributed by atoms with E-state index in [0.717, 1.165) is 21.1 Å². The topological polar surface area (TPSA) is 49.4 Å². The molecule has 7 heteroatoms. The number of carbonyl (C=O) groups is 2. The van der Waals surface area contributed by atoms with Gasteiger partial charge >= 0.3 is 0 Å². The van der Waals surface area contributed by atoms with Crippen molar-refractivity contribution in [3.63, 3.8) is 0 Å². The van der Waals surface area contributed by atoms with Gasteiger partial charge in [0.1, 0.15) is 0 Å². The molecule has 0 aliphatic heterocycles. The van der Waals surface area contributed by atoms with Crippen molar-refractivity contribution in [1.82, 2.24) is 10.2 Å². The molecule has 0 spiro atoms. The van der Waals surface area contributed by atoms with Crippen molar-refractivity contribution < 1.29 is 9.59 Å². The number of rotatable bonds is 4. The van der Waals surface area contributed by atoms with Gasteiger partial charge in [0.05, 0.1) is 15.2 Å². The fourth-order valence-electron chi connectivity index (χ4n) is 1.43. The summed E-state index contributed by atoms with van der Waals surface area (Å²) in [6.07, 6.45) is 2.10. The highest BCUT2D eigenvalue weighted by Gasteiger charge is 2.25. The number of thiophene rings is 1. The zero-order chi connectivity index (χ0) is 13.3. The molecule has 18 heavy (non-hydrogen) atoms. The highest BCUT2D eigenvalue weighted by Crippen LogP contribution is 2.32. The van der Waals surface area contributed by atoms with E-state index >= 15 is 0 Å². The maximum absolute atomic E-state index is 12.1. The standard InChI is InChI=1S/C11H12Br2N2O2S/c1-15(5-9(16)14-6-2-3-6)11(17)8-4-7(12)10(13)18-8/h4,6H,2-3,5H2,1H3,(H,14,16). The first-order valence-corrected chi connectivity index (χ1v) is 7.87. The molecule has 0 saturated heterocycles. The molecule has 0 aromatic carbocycles. The van der Waals surface area contributed by atoms with Crippen molar-refractivity contribution in [3.8, 4) is 0 Å². The lowest BCUT2D eigenvalue weighted by atomic mass is 10.4. The van der Waals surface area contributed by atoms with Crippen molar-refractivity contribution in [2.24, 2.45) is 0 Å². The molecule has 1 fully saturated rings. The quantitative estimate of drug-likeness (QED) is 0.851. The van der Waals surface area contributed by atoms with Gasteiger partial charge in [-0.2, -0.15) is 0 Å². The molecule has 1 saturated carbocycles. The smallest absolute Gasteiger partial charge is 0.264 e. The molecule has 98 valence electrons. The van der Waals surface area contributed by atoms with E-state index in [9.17, 15) is 9.59 Å². The first-order chi connectivity index (χ1) is 8.47. The molecule has 1 aromatic heterocycles. The Morgan fingerprint density at radius 1 is 1.50 bits per heavy atom. The van der Waals surface area contributed by atoms with Crippen molar-refractivity contribution in [2.45, 2.75) is 18.9 Å². The molecule has 1 N–H and O–H groups in total. The van der Waals surface area contributed by atoms with E-state index in [2.05, 4.69) is 37.2 Å². The zero-order valence-electron chi connectivity index (χ0n) is 9.70. The van der Waals surface area contributed by atoms with Gasteiger partial charge in [0.2, 0.25) is 5.91 Å². The Morgan fingerprint density at radius 2 is 2.17 bits per heavy atom. The summed E-state index contributed by atoms with van der Waals surface area (Å²) in [6.45, 7) is 0.0997. The minimum atomic E-state index is -0.141. The fourth-order valence-corrected chi connectivity index (χ4v) is 3.46. The number of nitrogens with one attached hydrogen (secondary N) is 1. The first kappa shape index (κ1) is 14.0. The van der Waals surface area contributed by atoms with Crippen LogP contribution in [0.2, 0.25) is 0 Å². The van der Waals surface area contributed by atoms with Gasteiger partial charge in [-0.25, -0.2) is 0 Å². The fraction of sp³-hybridized carbons (Fsp3) is 0.455. The molecular formula is C11H12Br2N2O2S. The normalized spacial score (nSPS) is 14.4. The van der Waals surface area contributed by atoms with Crippen LogP contribution in [0.25, 0.3) is 0 Å². The van der Waals surface area contributed by atoms with Gasteiger partial charge in [-0.15, -0.1) is 11.3 Å². The molecule has 1 aromatic rings. The lowest BCUT2D eigenvalue weighted by Gasteiger charge is -2.15. The molecule has 1 heterocycles. The van der Waals surface area contributed by atoms with Crippen LogP contribution in [0.5, 0.6) is 0 Å². The summed E-state index contributed by atoms with van der Waals surface area (Å²) in [7, 11) is 1.64. The Labute approximate surface area is 126 Å². The average molecular weight is 396 g/mol. The second kappa shape index (κ2) is 5.71. The van der Waals surface area contributed by atoms with Crippen molar-refractivity contribution in [2.75, 3.05) is 13.6 Å². The summed E-state index contributed by atoms with van der Waals surface area (Å²) in [5.74, 6) is -0.236. The summed E-state index contributed by atoms with van der Waals surface area (Å²) >= 11 is 8.04. The van der Waals surface area contributed by atoms with E-state index in [1.165, 1.54) is 16.2 Å². The van der Waals surface area contributed by atoms with Crippen LogP contribution in [0.4, 0.5) is 0 Å². The summed E-state index contributed by atoms with van der Waals surface area (Å²) in [6, 6.07) is 2.08. The number of hydrogen-bond donors (Lipinski definition) is 1. The first-order valence-electron chi connectivity index (χ1n) is 5.47. The second-order valence-corrected chi connectivity index (χ2v) is 7.46. The van der Waals surface area contributed by atoms with E-state index in [-0.39, 0.29) is 18.4 Å². The maximum atomic E-state index is 12.1. The molecule has 0 bridgehead atoms. The highest BCUT2D eigenvalue weighted by molar-refractivity contribution is 9.13. The Balaban J connectivity index is 1.93. The van der Waals surface area contributed by atoms with E-state index in [1.54, 1.807) is 13.1 Å². The third-order valence-electron chi connectivity index (χ3n) is 2.53. The zero-order valence-corrected chi connectivity index (χ0v) is 13.7. The van der Waals surface area contributed by atoms with Gasteiger partial charge in [0.15, 0.2) is 0 Å². The third-order valence-corrected chi connectivity index (χ3v) is 5.77. The van der Waals surface area contributed by atoms with Crippen LogP contribution < -0.4 is 5.32 Å². The summed E-state index contributed by atoms with van der Waals surface area (Å²) in [4.78, 5) is 25.7. The lowest BCUT2D eigenvalue weighted by molar-refractivity contribution is -0.121. The van der Waals surface area contributed by atoms with Gasteiger partial charge in [-0.3, -0.25) is 9.59 Å². The van der Waals surface area contributed by atoms with Crippen LogP contribution >= 0.6 is 43.2 Å². The lowest BCUT2D eigenvalue weighted by Crippen LogP contribution is -2.38. The molecular weight excluding hydrogens is 384 g/mol. The van der Waals surface area contributed by atoms with Gasteiger partial charge in [0, 0.05) is 17.6 Å². The van der Waals surface area contributed by atoms with Gasteiger partial charge in [0.25, 0.3) is 5.91 Å². The third kappa shape index (κ3) is 3.55. The van der Waals surface area contributed by atoms with E-state index in [0.29, 0.717) is 10.9 Å². The molecule has 2 rings (SSSR count). The van der Waals surface area contributed by atoms with Crippen molar-refractivity contribution in [3.05, 3.63) is 19.2 Å². The minimum Gasteiger partial charge on any atom is -0.352 e. The van der Waals surface area contributed by atoms with Crippen LogP contribution in [-0.4, -0.2) is 36.3 Å². The Bertz CT molecular complexity index is 466. The predicted molar refractivity (Wildman–Crippen MR) is 77.8 cm³/mol. The number of amides is 2. The minimum absolute atomic E-state index is 0.0944. The Morgan fingerprint density at radius 3 is 2.67 bits per heavy atom. The van der Waals surface area contributed by atoms with E-state index in [1.807, 2.05) is 0 Å². The van der Waals surface area contributed by atoms with Gasteiger partial charge in [-0.05, 0) is 50.8 Å². The average Bonchev–Trinajstić information content (AvgIpc) is 3.04. The van der Waals surface area contributed by atoms with Gasteiger partial charge < -0.3 is 10.2 Å². The monoisotopic (exact) mass is 394 g/mol. The van der Waals surface area contributed by atoms with Crippen LogP contribution in [0.3, 0.4) is 0 Å². The molecule has 4 nitrogen and oxygen atoms in total. The van der Waals surface area contributed by atoms with Crippen LogP contribution in [0.1, 0.15) is 22.5 Å².